The zero-order chi connectivity index (χ0) is 28.0. The molecule has 0 saturated carbocycles. The van der Waals surface area contributed by atoms with Crippen LogP contribution in [-0.2, 0) is 24.9 Å². The van der Waals surface area contributed by atoms with Crippen molar-refractivity contribution in [3.63, 3.8) is 0 Å². The molecule has 1 aromatic carbocycles. The summed E-state index contributed by atoms with van der Waals surface area (Å²) in [5.74, 6) is -1.08. The van der Waals surface area contributed by atoms with Crippen LogP contribution in [0.1, 0.15) is 67.4 Å². The molecule has 8 heteroatoms. The standard InChI is InChI=1S/C29H43N3O4S/c1-18(2)16-21(25(33)32-24(26(34)30-9)28(3,4)5)23(27(35)36-29(6,7)8)37-17-20-13-10-12-19-14-11-15-31-22(19)20/h10-15,18,21,23-24H,16-17H2,1-9H3,(H,30,34)(H,32,33)/t21-,23+,24-/m1/s1. The van der Waals surface area contributed by atoms with Gasteiger partial charge in [0.25, 0.3) is 0 Å². The minimum absolute atomic E-state index is 0.147. The maximum Gasteiger partial charge on any atom is 0.320 e. The first-order chi connectivity index (χ1) is 17.1. The van der Waals surface area contributed by atoms with Crippen molar-refractivity contribution in [1.82, 2.24) is 15.6 Å². The SMILES string of the molecule is CNC(=O)[C@@H](NC(=O)[C@H](CC(C)C)[C@H](SCc1cccc2cccnc12)C(=O)OC(C)(C)C)C(C)(C)C. The molecule has 0 aliphatic carbocycles. The summed E-state index contributed by atoms with van der Waals surface area (Å²) >= 11 is 1.39. The molecule has 0 fully saturated rings. The molecule has 1 aromatic heterocycles. The number of amides is 2. The number of hydrogen-bond acceptors (Lipinski definition) is 6. The van der Waals surface area contributed by atoms with Gasteiger partial charge in [0.1, 0.15) is 16.9 Å². The topological polar surface area (TPSA) is 97.4 Å². The molecule has 2 rings (SSSR count). The van der Waals surface area contributed by atoms with E-state index in [-0.39, 0.29) is 17.7 Å². The Morgan fingerprint density at radius 2 is 1.65 bits per heavy atom. The Bertz CT molecular complexity index is 1080. The molecule has 204 valence electrons. The molecule has 0 bridgehead atoms. The second-order valence-corrected chi connectivity index (χ2v) is 13.0. The van der Waals surface area contributed by atoms with E-state index in [0.717, 1.165) is 16.5 Å². The average Bonchev–Trinajstić information content (AvgIpc) is 2.79. The molecule has 3 atom stereocenters. The van der Waals surface area contributed by atoms with Gasteiger partial charge in [0, 0.05) is 24.4 Å². The van der Waals surface area contributed by atoms with Gasteiger partial charge < -0.3 is 15.4 Å². The number of nitrogens with zero attached hydrogens (tertiary/aromatic N) is 1. The Labute approximate surface area is 225 Å². The molecular weight excluding hydrogens is 486 g/mol. The second-order valence-electron chi connectivity index (χ2n) is 11.9. The quantitative estimate of drug-likeness (QED) is 0.415. The number of fused-ring (bicyclic) bond motifs is 1. The van der Waals surface area contributed by atoms with Crippen LogP contribution < -0.4 is 10.6 Å². The van der Waals surface area contributed by atoms with Crippen LogP contribution >= 0.6 is 11.8 Å². The molecule has 7 nitrogen and oxygen atoms in total. The molecular formula is C29H43N3O4S. The van der Waals surface area contributed by atoms with E-state index in [0.29, 0.717) is 12.2 Å². The average molecular weight is 530 g/mol. The van der Waals surface area contributed by atoms with Crippen molar-refractivity contribution in [3.8, 4) is 0 Å². The van der Waals surface area contributed by atoms with E-state index >= 15 is 0 Å². The number of nitrogens with one attached hydrogen (secondary N) is 2. The summed E-state index contributed by atoms with van der Waals surface area (Å²) < 4.78 is 5.79. The van der Waals surface area contributed by atoms with Crippen LogP contribution in [0, 0.1) is 17.3 Å². The van der Waals surface area contributed by atoms with E-state index in [1.54, 1.807) is 13.2 Å². The van der Waals surface area contributed by atoms with Crippen LogP contribution in [0.15, 0.2) is 36.5 Å². The fraction of sp³-hybridized carbons (Fsp3) is 0.586. The highest BCUT2D eigenvalue weighted by Crippen LogP contribution is 2.33. The van der Waals surface area contributed by atoms with Crippen LogP contribution in [0.2, 0.25) is 0 Å². The lowest BCUT2D eigenvalue weighted by molar-refractivity contribution is -0.156. The van der Waals surface area contributed by atoms with Crippen molar-refractivity contribution < 1.29 is 19.1 Å². The van der Waals surface area contributed by atoms with Gasteiger partial charge in [-0.2, -0.15) is 0 Å². The van der Waals surface area contributed by atoms with Gasteiger partial charge in [-0.1, -0.05) is 58.9 Å². The highest BCUT2D eigenvalue weighted by molar-refractivity contribution is 7.99. The molecule has 0 unspecified atom stereocenters. The van der Waals surface area contributed by atoms with Gasteiger partial charge in [0.15, 0.2) is 0 Å². The summed E-state index contributed by atoms with van der Waals surface area (Å²) in [4.78, 5) is 44.5. The fourth-order valence-corrected chi connectivity index (χ4v) is 5.36. The third-order valence-corrected chi connectivity index (χ3v) is 7.22. The minimum atomic E-state index is -0.758. The van der Waals surface area contributed by atoms with E-state index in [9.17, 15) is 14.4 Å². The summed E-state index contributed by atoms with van der Waals surface area (Å²) in [6.07, 6.45) is 2.23. The van der Waals surface area contributed by atoms with Crippen LogP contribution in [0.5, 0.6) is 0 Å². The third kappa shape index (κ3) is 9.02. The van der Waals surface area contributed by atoms with Gasteiger partial charge in [-0.15, -0.1) is 11.8 Å². The van der Waals surface area contributed by atoms with Gasteiger partial charge in [0.2, 0.25) is 11.8 Å². The summed E-state index contributed by atoms with van der Waals surface area (Å²) in [5, 5.41) is 5.86. The van der Waals surface area contributed by atoms with E-state index in [2.05, 4.69) is 15.6 Å². The van der Waals surface area contributed by atoms with Crippen molar-refractivity contribution in [2.75, 3.05) is 7.05 Å². The lowest BCUT2D eigenvalue weighted by atomic mass is 9.85. The summed E-state index contributed by atoms with van der Waals surface area (Å²) in [5.41, 5.74) is 0.642. The van der Waals surface area contributed by atoms with E-state index in [4.69, 9.17) is 4.74 Å². The predicted molar refractivity (Wildman–Crippen MR) is 151 cm³/mol. The number of likely N-dealkylation sites (N-methyl/N-ethyl adjacent to an activating group) is 1. The van der Waals surface area contributed by atoms with Gasteiger partial charge >= 0.3 is 5.97 Å². The van der Waals surface area contributed by atoms with Crippen LogP contribution in [-0.4, -0.2) is 46.7 Å². The first-order valence-corrected chi connectivity index (χ1v) is 13.9. The van der Waals surface area contributed by atoms with Gasteiger partial charge in [-0.3, -0.25) is 19.4 Å². The van der Waals surface area contributed by atoms with Crippen molar-refractivity contribution in [3.05, 3.63) is 42.1 Å². The molecule has 37 heavy (non-hydrogen) atoms. The predicted octanol–water partition coefficient (Wildman–Crippen LogP) is 5.12. The van der Waals surface area contributed by atoms with Crippen molar-refractivity contribution >= 4 is 40.4 Å². The second kappa shape index (κ2) is 12.8. The zero-order valence-electron chi connectivity index (χ0n) is 23.7. The molecule has 0 aliphatic heterocycles. The first kappa shape index (κ1) is 30.6. The van der Waals surface area contributed by atoms with Crippen molar-refractivity contribution in [1.29, 1.82) is 0 Å². The highest BCUT2D eigenvalue weighted by Gasteiger charge is 2.40. The van der Waals surface area contributed by atoms with E-state index < -0.39 is 34.2 Å². The number of rotatable bonds is 10. The van der Waals surface area contributed by atoms with Crippen molar-refractivity contribution in [2.24, 2.45) is 17.3 Å². The number of para-hydroxylation sites is 1. The number of thioether (sulfide) groups is 1. The smallest absolute Gasteiger partial charge is 0.320 e. The van der Waals surface area contributed by atoms with Crippen molar-refractivity contribution in [2.45, 2.75) is 84.5 Å². The number of ether oxygens (including phenoxy) is 1. The lowest BCUT2D eigenvalue weighted by Crippen LogP contribution is -2.55. The Kier molecular flexibility index (Phi) is 10.6. The number of carbonyl (C=O) groups is 3. The Balaban J connectivity index is 2.44. The number of esters is 1. The van der Waals surface area contributed by atoms with Crippen LogP contribution in [0.3, 0.4) is 0 Å². The molecule has 0 aliphatic rings. The molecule has 2 aromatic rings. The van der Waals surface area contributed by atoms with Gasteiger partial charge in [-0.05, 0) is 50.2 Å². The summed E-state index contributed by atoms with van der Waals surface area (Å²) in [7, 11) is 1.55. The number of hydrogen-bond donors (Lipinski definition) is 2. The number of aromatic nitrogens is 1. The Morgan fingerprint density at radius 3 is 2.22 bits per heavy atom. The largest absolute Gasteiger partial charge is 0.459 e. The maximum absolute atomic E-state index is 13.8. The molecule has 0 radical (unpaired) electrons. The van der Waals surface area contributed by atoms with Gasteiger partial charge in [-0.25, -0.2) is 0 Å². The van der Waals surface area contributed by atoms with E-state index in [1.807, 2.05) is 85.7 Å². The summed E-state index contributed by atoms with van der Waals surface area (Å²) in [6.45, 7) is 15.2. The molecule has 2 N–H and O–H groups in total. The number of benzene rings is 1. The minimum Gasteiger partial charge on any atom is -0.459 e. The van der Waals surface area contributed by atoms with Gasteiger partial charge in [0.05, 0.1) is 11.4 Å². The van der Waals surface area contributed by atoms with Crippen LogP contribution in [0.4, 0.5) is 0 Å². The monoisotopic (exact) mass is 529 g/mol. The summed E-state index contributed by atoms with van der Waals surface area (Å²) in [6, 6.07) is 9.12. The lowest BCUT2D eigenvalue weighted by Gasteiger charge is -2.34. The molecule has 0 spiro atoms. The normalized spacial score (nSPS) is 14.6. The molecule has 2 amide bonds. The van der Waals surface area contributed by atoms with E-state index in [1.165, 1.54) is 11.8 Å². The zero-order valence-corrected chi connectivity index (χ0v) is 24.5. The van der Waals surface area contributed by atoms with Crippen LogP contribution in [0.25, 0.3) is 10.9 Å². The fourth-order valence-electron chi connectivity index (χ4n) is 4.12. The maximum atomic E-state index is 13.8. The third-order valence-electron chi connectivity index (χ3n) is 5.86. The first-order valence-electron chi connectivity index (χ1n) is 12.8. The Morgan fingerprint density at radius 1 is 1.00 bits per heavy atom. The number of pyridine rings is 1. The molecule has 0 saturated heterocycles. The number of carbonyl (C=O) groups excluding carboxylic acids is 3. The Hall–Kier alpha value is -2.61. The molecule has 1 heterocycles. The highest BCUT2D eigenvalue weighted by atomic mass is 32.2.